The van der Waals surface area contributed by atoms with Crippen molar-refractivity contribution < 1.29 is 19.4 Å². The zero-order chi connectivity index (χ0) is 14.3. The van der Waals surface area contributed by atoms with Gasteiger partial charge in [-0.15, -0.1) is 0 Å². The number of carboxylic acids is 1. The van der Waals surface area contributed by atoms with E-state index in [1.54, 1.807) is 7.11 Å². The number of carbonyl (C=O) groups is 2. The standard InChI is InChI=1S/C13H24N2O4/c1-10(8-19-2)15-12(18)14-9-13(11(16)17)6-4-3-5-7-13/h10H,3-9H2,1-2H3,(H,16,17)(H2,14,15,18). The van der Waals surface area contributed by atoms with Crippen LogP contribution in [-0.4, -0.2) is 43.4 Å². The molecule has 6 heteroatoms. The van der Waals surface area contributed by atoms with Crippen LogP contribution in [0.3, 0.4) is 0 Å². The molecule has 0 radical (unpaired) electrons. The second-order valence-corrected chi connectivity index (χ2v) is 5.33. The molecule has 110 valence electrons. The first-order chi connectivity index (χ1) is 9.00. The van der Waals surface area contributed by atoms with E-state index in [1.165, 1.54) is 0 Å². The Balaban J connectivity index is 2.44. The molecule has 0 spiro atoms. The molecule has 19 heavy (non-hydrogen) atoms. The van der Waals surface area contributed by atoms with Gasteiger partial charge in [-0.05, 0) is 19.8 Å². The first-order valence-electron chi connectivity index (χ1n) is 6.77. The highest BCUT2D eigenvalue weighted by Gasteiger charge is 2.39. The van der Waals surface area contributed by atoms with E-state index in [1.807, 2.05) is 6.92 Å². The van der Waals surface area contributed by atoms with Gasteiger partial charge in [0.1, 0.15) is 0 Å². The van der Waals surface area contributed by atoms with Gasteiger partial charge in [0.25, 0.3) is 0 Å². The summed E-state index contributed by atoms with van der Waals surface area (Å²) < 4.78 is 4.92. The molecular weight excluding hydrogens is 248 g/mol. The predicted octanol–water partition coefficient (Wildman–Crippen LogP) is 1.36. The van der Waals surface area contributed by atoms with Gasteiger partial charge in [-0.2, -0.15) is 0 Å². The SMILES string of the molecule is COCC(C)NC(=O)NCC1(C(=O)O)CCCCC1. The monoisotopic (exact) mass is 272 g/mol. The lowest BCUT2D eigenvalue weighted by Crippen LogP contribution is -2.49. The van der Waals surface area contributed by atoms with E-state index in [2.05, 4.69) is 10.6 Å². The average Bonchev–Trinajstić information content (AvgIpc) is 2.37. The maximum atomic E-state index is 11.7. The number of urea groups is 1. The van der Waals surface area contributed by atoms with Gasteiger partial charge in [0.15, 0.2) is 0 Å². The van der Waals surface area contributed by atoms with E-state index in [0.717, 1.165) is 19.3 Å². The Bertz CT molecular complexity index is 314. The first kappa shape index (κ1) is 15.8. The topological polar surface area (TPSA) is 87.7 Å². The van der Waals surface area contributed by atoms with E-state index < -0.39 is 11.4 Å². The predicted molar refractivity (Wildman–Crippen MR) is 71.0 cm³/mol. The molecule has 6 nitrogen and oxygen atoms in total. The fraction of sp³-hybridized carbons (Fsp3) is 0.846. The van der Waals surface area contributed by atoms with Crippen LogP contribution in [-0.2, 0) is 9.53 Å². The van der Waals surface area contributed by atoms with Crippen LogP contribution in [0.5, 0.6) is 0 Å². The minimum atomic E-state index is -0.808. The number of carbonyl (C=O) groups excluding carboxylic acids is 1. The van der Waals surface area contributed by atoms with Crippen molar-refractivity contribution in [3.05, 3.63) is 0 Å². The zero-order valence-corrected chi connectivity index (χ0v) is 11.7. The number of hydrogen-bond donors (Lipinski definition) is 3. The summed E-state index contributed by atoms with van der Waals surface area (Å²) in [6.07, 6.45) is 4.17. The van der Waals surface area contributed by atoms with Crippen molar-refractivity contribution in [2.45, 2.75) is 45.1 Å². The Morgan fingerprint density at radius 3 is 2.47 bits per heavy atom. The van der Waals surface area contributed by atoms with Gasteiger partial charge in [0.2, 0.25) is 0 Å². The van der Waals surface area contributed by atoms with Gasteiger partial charge >= 0.3 is 12.0 Å². The van der Waals surface area contributed by atoms with Gasteiger partial charge in [-0.3, -0.25) is 4.79 Å². The van der Waals surface area contributed by atoms with Crippen LogP contribution in [0.1, 0.15) is 39.0 Å². The number of nitrogens with one attached hydrogen (secondary N) is 2. The smallest absolute Gasteiger partial charge is 0.315 e. The quantitative estimate of drug-likeness (QED) is 0.681. The molecule has 3 N–H and O–H groups in total. The van der Waals surface area contributed by atoms with Crippen LogP contribution in [0.25, 0.3) is 0 Å². The molecule has 1 atom stereocenters. The van der Waals surface area contributed by atoms with Crippen LogP contribution < -0.4 is 10.6 Å². The highest BCUT2D eigenvalue weighted by atomic mass is 16.5. The summed E-state index contributed by atoms with van der Waals surface area (Å²) in [6.45, 7) is 2.45. The Hall–Kier alpha value is -1.30. The Labute approximate surface area is 113 Å². The van der Waals surface area contributed by atoms with Crippen molar-refractivity contribution in [1.29, 1.82) is 0 Å². The van der Waals surface area contributed by atoms with Gasteiger partial charge < -0.3 is 20.5 Å². The number of amides is 2. The lowest BCUT2D eigenvalue weighted by atomic mass is 9.74. The van der Waals surface area contributed by atoms with Crippen molar-refractivity contribution in [3.8, 4) is 0 Å². The lowest BCUT2D eigenvalue weighted by Gasteiger charge is -2.33. The number of ether oxygens (including phenoxy) is 1. The lowest BCUT2D eigenvalue weighted by molar-refractivity contribution is -0.150. The third kappa shape index (κ3) is 4.70. The third-order valence-corrected chi connectivity index (χ3v) is 3.65. The van der Waals surface area contributed by atoms with E-state index in [-0.39, 0.29) is 18.6 Å². The number of methoxy groups -OCH3 is 1. The van der Waals surface area contributed by atoms with Crippen molar-refractivity contribution in [1.82, 2.24) is 10.6 Å². The molecule has 0 heterocycles. The Morgan fingerprint density at radius 2 is 1.95 bits per heavy atom. The van der Waals surface area contributed by atoms with Crippen LogP contribution in [0.4, 0.5) is 4.79 Å². The van der Waals surface area contributed by atoms with E-state index in [0.29, 0.717) is 19.4 Å². The second kappa shape index (κ2) is 7.33. The first-order valence-corrected chi connectivity index (χ1v) is 6.77. The molecule has 1 saturated carbocycles. The fourth-order valence-corrected chi connectivity index (χ4v) is 2.51. The van der Waals surface area contributed by atoms with Crippen molar-refractivity contribution >= 4 is 12.0 Å². The maximum Gasteiger partial charge on any atom is 0.315 e. The highest BCUT2D eigenvalue weighted by molar-refractivity contribution is 5.78. The maximum absolute atomic E-state index is 11.7. The molecule has 0 aromatic carbocycles. The zero-order valence-electron chi connectivity index (χ0n) is 11.7. The minimum Gasteiger partial charge on any atom is -0.481 e. The molecule has 2 amide bonds. The molecular formula is C13H24N2O4. The molecule has 0 aliphatic heterocycles. The minimum absolute atomic E-state index is 0.0999. The summed E-state index contributed by atoms with van der Waals surface area (Å²) in [5.74, 6) is -0.808. The molecule has 1 rings (SSSR count). The van der Waals surface area contributed by atoms with Gasteiger partial charge in [0, 0.05) is 13.7 Å². The number of carboxylic acid groups (broad SMARTS) is 1. The van der Waals surface area contributed by atoms with Crippen LogP contribution >= 0.6 is 0 Å². The highest BCUT2D eigenvalue weighted by Crippen LogP contribution is 2.35. The summed E-state index contributed by atoms with van der Waals surface area (Å²) >= 11 is 0. The van der Waals surface area contributed by atoms with Crippen LogP contribution in [0, 0.1) is 5.41 Å². The van der Waals surface area contributed by atoms with Gasteiger partial charge in [-0.1, -0.05) is 19.3 Å². The molecule has 1 fully saturated rings. The normalized spacial score (nSPS) is 19.5. The molecule has 1 unspecified atom stereocenters. The molecule has 0 aromatic heterocycles. The summed E-state index contributed by atoms with van der Waals surface area (Å²) in [7, 11) is 1.57. The Morgan fingerprint density at radius 1 is 1.32 bits per heavy atom. The van der Waals surface area contributed by atoms with Crippen LogP contribution in [0.15, 0.2) is 0 Å². The van der Waals surface area contributed by atoms with Gasteiger partial charge in [-0.25, -0.2) is 4.79 Å². The largest absolute Gasteiger partial charge is 0.481 e. The summed E-state index contributed by atoms with van der Waals surface area (Å²) in [6, 6.07) is -0.437. The van der Waals surface area contributed by atoms with E-state index in [9.17, 15) is 14.7 Å². The van der Waals surface area contributed by atoms with E-state index in [4.69, 9.17) is 4.74 Å². The van der Waals surface area contributed by atoms with Crippen molar-refractivity contribution in [3.63, 3.8) is 0 Å². The summed E-state index contributed by atoms with van der Waals surface area (Å²) in [4.78, 5) is 23.1. The summed E-state index contributed by atoms with van der Waals surface area (Å²) in [5.41, 5.74) is -0.792. The molecule has 1 aliphatic rings. The van der Waals surface area contributed by atoms with Crippen LogP contribution in [0.2, 0.25) is 0 Å². The Kier molecular flexibility index (Phi) is 6.08. The van der Waals surface area contributed by atoms with Gasteiger partial charge in [0.05, 0.1) is 18.1 Å². The molecule has 0 saturated heterocycles. The van der Waals surface area contributed by atoms with Crippen molar-refractivity contribution in [2.75, 3.05) is 20.3 Å². The summed E-state index contributed by atoms with van der Waals surface area (Å²) in [5, 5.41) is 14.8. The van der Waals surface area contributed by atoms with E-state index >= 15 is 0 Å². The fourth-order valence-electron chi connectivity index (χ4n) is 2.51. The number of aliphatic carboxylic acids is 1. The third-order valence-electron chi connectivity index (χ3n) is 3.65. The average molecular weight is 272 g/mol. The van der Waals surface area contributed by atoms with Crippen molar-refractivity contribution in [2.24, 2.45) is 5.41 Å². The molecule has 0 aromatic rings. The second-order valence-electron chi connectivity index (χ2n) is 5.33. The molecule has 1 aliphatic carbocycles. The number of hydrogen-bond acceptors (Lipinski definition) is 3. The number of rotatable bonds is 6. The molecule has 0 bridgehead atoms.